The van der Waals surface area contributed by atoms with Crippen LogP contribution in [0.2, 0.25) is 5.02 Å². The van der Waals surface area contributed by atoms with Gasteiger partial charge < -0.3 is 9.88 Å². The lowest BCUT2D eigenvalue weighted by atomic mass is 9.83. The van der Waals surface area contributed by atoms with Gasteiger partial charge in [-0.05, 0) is 17.7 Å². The highest BCUT2D eigenvalue weighted by Gasteiger charge is 2.37. The summed E-state index contributed by atoms with van der Waals surface area (Å²) in [7, 11) is 1.97. The van der Waals surface area contributed by atoms with Crippen LogP contribution in [0.25, 0.3) is 10.8 Å². The molecule has 1 aliphatic heterocycles. The van der Waals surface area contributed by atoms with E-state index < -0.39 is 0 Å². The van der Waals surface area contributed by atoms with Gasteiger partial charge in [0.05, 0.1) is 23.0 Å². The quantitative estimate of drug-likeness (QED) is 0.562. The summed E-state index contributed by atoms with van der Waals surface area (Å²) in [5.74, 6) is 0.723. The van der Waals surface area contributed by atoms with Crippen molar-refractivity contribution < 1.29 is 11.6 Å². The minimum atomic E-state index is -0.190. The van der Waals surface area contributed by atoms with E-state index in [0.717, 1.165) is 33.2 Å². The van der Waals surface area contributed by atoms with E-state index in [1.165, 1.54) is 0 Å². The molecule has 0 bridgehead atoms. The fraction of sp³-hybridized carbons (Fsp3) is 0.150. The number of rotatable bonds is 2. The van der Waals surface area contributed by atoms with Crippen molar-refractivity contribution >= 4 is 16.5 Å². The number of aromatic nitrogens is 4. The number of anilines is 1. The fourth-order valence-electron chi connectivity index (χ4n) is 3.90. The predicted octanol–water partition coefficient (Wildman–Crippen LogP) is 2.65. The molecule has 2 N–H and O–H groups in total. The third-order valence-corrected chi connectivity index (χ3v) is 5.43. The molecular weight excluding hydrogens is 362 g/mol. The summed E-state index contributed by atoms with van der Waals surface area (Å²) >= 11 is 5.24. The van der Waals surface area contributed by atoms with Gasteiger partial charge >= 0.3 is 0 Å². The molecule has 134 valence electrons. The zero-order valence-electron chi connectivity index (χ0n) is 14.5. The Labute approximate surface area is 159 Å². The van der Waals surface area contributed by atoms with Crippen LogP contribution in [0.4, 0.5) is 5.69 Å². The molecule has 2 aromatic carbocycles. The summed E-state index contributed by atoms with van der Waals surface area (Å²) < 4.78 is 1.99. The molecule has 6 nitrogen and oxygen atoms in total. The Balaban J connectivity index is 1.81. The van der Waals surface area contributed by atoms with E-state index in [2.05, 4.69) is 20.5 Å². The molecule has 5 rings (SSSR count). The largest absolute Gasteiger partial charge is 0.377 e. The smallest absolute Gasteiger partial charge is 0.272 e. The lowest BCUT2D eigenvalue weighted by molar-refractivity contribution is -0.288. The number of hydrogen-bond donors (Lipinski definition) is 2. The average Bonchev–Trinajstić information content (AvgIpc) is 3.10. The van der Waals surface area contributed by atoms with Gasteiger partial charge in [0.25, 0.3) is 5.56 Å². The number of imidazole rings is 1. The molecular formula is C20H17ClN5O+. The lowest BCUT2D eigenvalue weighted by Gasteiger charge is -2.33. The standard InChI is InChI=1S/C20H16ClN5O/c1-26-10-9-22-19(26)16-17(11-5-7-12(21)8-6-11)23-14-4-2-3-13-15(14)18(16)24-25-20(13)27/h2-10,16-17,21H,1H3,(H-,23,24,25,27)/p+1. The summed E-state index contributed by atoms with van der Waals surface area (Å²) in [6, 6.07) is 13.5. The Kier molecular flexibility index (Phi) is 3.55. The van der Waals surface area contributed by atoms with Gasteiger partial charge in [0.15, 0.2) is 11.6 Å². The monoisotopic (exact) mass is 378 g/mol. The van der Waals surface area contributed by atoms with Crippen LogP contribution in [0.1, 0.15) is 29.0 Å². The van der Waals surface area contributed by atoms with Gasteiger partial charge in [0, 0.05) is 42.6 Å². The Hall–Kier alpha value is -3.12. The summed E-state index contributed by atoms with van der Waals surface area (Å²) in [6.45, 7) is 0. The second-order valence-corrected chi connectivity index (χ2v) is 7.20. The molecule has 2 unspecified atom stereocenters. The van der Waals surface area contributed by atoms with Gasteiger partial charge in [-0.1, -0.05) is 18.2 Å². The fourth-order valence-corrected chi connectivity index (χ4v) is 4.03. The van der Waals surface area contributed by atoms with Gasteiger partial charge in [-0.15, -0.1) is 0 Å². The Bertz CT molecular complexity index is 1210. The minimum Gasteiger partial charge on any atom is -0.377 e. The summed E-state index contributed by atoms with van der Waals surface area (Å²) in [5.41, 5.74) is 2.62. The molecule has 0 spiro atoms. The number of aryl methyl sites for hydroxylation is 1. The van der Waals surface area contributed by atoms with Crippen molar-refractivity contribution in [1.29, 1.82) is 0 Å². The lowest BCUT2D eigenvalue weighted by Crippen LogP contribution is -2.29. The molecule has 0 amide bonds. The van der Waals surface area contributed by atoms with Crippen LogP contribution in [0.3, 0.4) is 0 Å². The van der Waals surface area contributed by atoms with Crippen molar-refractivity contribution in [3.05, 3.63) is 87.3 Å². The van der Waals surface area contributed by atoms with Crippen molar-refractivity contribution in [3.63, 3.8) is 0 Å². The number of nitrogens with one attached hydrogen (secondary N) is 2. The number of benzene rings is 2. The maximum absolute atomic E-state index is 12.3. The normalized spacial score (nSPS) is 18.4. The highest BCUT2D eigenvalue weighted by Crippen LogP contribution is 2.45. The molecule has 4 aromatic rings. The maximum atomic E-state index is 12.3. The van der Waals surface area contributed by atoms with Crippen molar-refractivity contribution in [2.24, 2.45) is 7.05 Å². The van der Waals surface area contributed by atoms with Crippen molar-refractivity contribution in [2.75, 3.05) is 5.32 Å². The van der Waals surface area contributed by atoms with E-state index in [9.17, 15) is 4.79 Å². The summed E-state index contributed by atoms with van der Waals surface area (Å²) in [4.78, 5) is 16.9. The Morgan fingerprint density at radius 2 is 1.96 bits per heavy atom. The number of hydrogen-bond acceptors (Lipinski definition) is 4. The zero-order chi connectivity index (χ0) is 18.5. The molecule has 3 heterocycles. The number of halogens is 1. The summed E-state index contributed by atoms with van der Waals surface area (Å²) in [6.07, 6.45) is 3.70. The first-order valence-corrected chi connectivity index (χ1v) is 9.06. The molecule has 27 heavy (non-hydrogen) atoms. The van der Waals surface area contributed by atoms with Crippen LogP contribution >= 0.6 is 0 Å². The number of nitrogens with zero attached hydrogens (tertiary/aromatic N) is 3. The van der Waals surface area contributed by atoms with Crippen LogP contribution < -0.4 is 10.9 Å². The van der Waals surface area contributed by atoms with Gasteiger partial charge in [-0.2, -0.15) is 5.10 Å². The molecule has 1 aliphatic rings. The minimum absolute atomic E-state index is 0.0850. The Morgan fingerprint density at radius 3 is 2.70 bits per heavy atom. The second kappa shape index (κ2) is 5.96. The highest BCUT2D eigenvalue weighted by molar-refractivity contribution is 5.97. The predicted molar refractivity (Wildman–Crippen MR) is 101 cm³/mol. The molecule has 0 fully saturated rings. The van der Waals surface area contributed by atoms with E-state index in [1.54, 1.807) is 6.20 Å². The van der Waals surface area contributed by atoms with Crippen molar-refractivity contribution in [3.8, 4) is 0 Å². The second-order valence-electron chi connectivity index (χ2n) is 6.73. The van der Waals surface area contributed by atoms with E-state index in [0.29, 0.717) is 5.39 Å². The highest BCUT2D eigenvalue weighted by atomic mass is 35.5. The average molecular weight is 379 g/mol. The zero-order valence-corrected chi connectivity index (χ0v) is 15.3. The topological polar surface area (TPSA) is 75.6 Å². The Morgan fingerprint density at radius 1 is 1.15 bits per heavy atom. The van der Waals surface area contributed by atoms with Gasteiger partial charge in [-0.25, -0.2) is 10.1 Å². The summed E-state index contributed by atoms with van der Waals surface area (Å²) in [5, 5.41) is 13.0. The molecule has 0 saturated carbocycles. The molecule has 0 aliphatic carbocycles. The van der Waals surface area contributed by atoms with Crippen LogP contribution in [0.5, 0.6) is 0 Å². The van der Waals surface area contributed by atoms with Crippen LogP contribution in [0.15, 0.2) is 59.7 Å². The van der Waals surface area contributed by atoms with E-state index in [-0.39, 0.29) is 17.5 Å². The number of H-pyrrole nitrogens is 1. The van der Waals surface area contributed by atoms with E-state index in [4.69, 9.17) is 11.6 Å². The third-order valence-electron chi connectivity index (χ3n) is 5.16. The number of aromatic amines is 1. The maximum Gasteiger partial charge on any atom is 0.272 e. The molecule has 7 heteroatoms. The first-order chi connectivity index (χ1) is 13.1. The molecule has 2 aromatic heterocycles. The van der Waals surface area contributed by atoms with Gasteiger partial charge in [-0.3, -0.25) is 4.79 Å². The van der Waals surface area contributed by atoms with Gasteiger partial charge in [0.2, 0.25) is 5.02 Å². The molecule has 0 saturated heterocycles. The molecule has 2 atom stereocenters. The SMILES string of the molecule is Cn1ccnc1C1c2n[nH]c(=O)c3cccc(c23)NC1c1ccc([ClH+])cc1. The van der Waals surface area contributed by atoms with Crippen molar-refractivity contribution in [1.82, 2.24) is 19.7 Å². The van der Waals surface area contributed by atoms with Gasteiger partial charge in [0.1, 0.15) is 5.82 Å². The van der Waals surface area contributed by atoms with Crippen molar-refractivity contribution in [2.45, 2.75) is 12.0 Å². The van der Waals surface area contributed by atoms with E-state index in [1.807, 2.05) is 60.3 Å². The third kappa shape index (κ3) is 2.44. The first kappa shape index (κ1) is 16.1. The van der Waals surface area contributed by atoms with Crippen LogP contribution in [-0.4, -0.2) is 19.7 Å². The molecule has 0 radical (unpaired) electrons. The van der Waals surface area contributed by atoms with Crippen LogP contribution in [0, 0.1) is 11.6 Å². The van der Waals surface area contributed by atoms with Crippen LogP contribution in [-0.2, 0) is 7.05 Å². The van der Waals surface area contributed by atoms with E-state index >= 15 is 0 Å². The first-order valence-electron chi connectivity index (χ1n) is 8.65.